The number of hydrogen-bond acceptors (Lipinski definition) is 2. The van der Waals surface area contributed by atoms with E-state index in [4.69, 9.17) is 0 Å². The molecule has 0 atom stereocenters. The summed E-state index contributed by atoms with van der Waals surface area (Å²) >= 11 is 0. The number of piperazine rings is 1. The molecule has 0 spiro atoms. The largest absolute Gasteiger partial charge is 0.337 e. The maximum Gasteiger partial charge on any atom is 0.246 e. The molecule has 3 heteroatoms. The number of carbonyl (C=O) groups excluding carboxylic acids is 1. The molecule has 15 heavy (non-hydrogen) atoms. The van der Waals surface area contributed by atoms with E-state index in [0.717, 1.165) is 32.2 Å². The average molecular weight is 208 g/mol. The summed E-state index contributed by atoms with van der Waals surface area (Å²) in [5, 5.41) is 0. The molecule has 0 aromatic carbocycles. The second kappa shape index (κ2) is 4.79. The summed E-state index contributed by atoms with van der Waals surface area (Å²) in [7, 11) is 0. The van der Waals surface area contributed by atoms with Crippen molar-refractivity contribution in [2.75, 3.05) is 26.2 Å². The summed E-state index contributed by atoms with van der Waals surface area (Å²) in [6.45, 7) is 7.37. The van der Waals surface area contributed by atoms with Gasteiger partial charge in [0.25, 0.3) is 0 Å². The van der Waals surface area contributed by atoms with E-state index >= 15 is 0 Å². The van der Waals surface area contributed by atoms with E-state index in [0.29, 0.717) is 0 Å². The molecule has 0 bridgehead atoms. The topological polar surface area (TPSA) is 23.6 Å². The van der Waals surface area contributed by atoms with Crippen LogP contribution in [0.2, 0.25) is 0 Å². The van der Waals surface area contributed by atoms with Crippen LogP contribution in [-0.4, -0.2) is 47.9 Å². The first kappa shape index (κ1) is 10.7. The van der Waals surface area contributed by atoms with E-state index in [-0.39, 0.29) is 5.91 Å². The van der Waals surface area contributed by atoms with Gasteiger partial charge in [-0.1, -0.05) is 19.4 Å². The first-order valence-corrected chi connectivity index (χ1v) is 5.96. The highest BCUT2D eigenvalue weighted by Crippen LogP contribution is 2.24. The Labute approximate surface area is 91.7 Å². The van der Waals surface area contributed by atoms with Crippen LogP contribution in [0.3, 0.4) is 0 Å². The molecule has 1 amide bonds. The lowest BCUT2D eigenvalue weighted by atomic mass is 10.2. The van der Waals surface area contributed by atoms with Crippen LogP contribution < -0.4 is 0 Å². The Balaban J connectivity index is 1.81. The third kappa shape index (κ3) is 2.40. The minimum Gasteiger partial charge on any atom is -0.337 e. The Morgan fingerprint density at radius 3 is 2.27 bits per heavy atom. The van der Waals surface area contributed by atoms with Gasteiger partial charge in [-0.3, -0.25) is 9.69 Å². The van der Waals surface area contributed by atoms with Crippen LogP contribution in [0, 0.1) is 0 Å². The SMILES string of the molecule is C=CC(=O)N1CCN(C2CCCC2)CC1. The van der Waals surface area contributed by atoms with Gasteiger partial charge in [0.15, 0.2) is 0 Å². The van der Waals surface area contributed by atoms with E-state index in [2.05, 4.69) is 11.5 Å². The first-order chi connectivity index (χ1) is 7.31. The normalized spacial score (nSPS) is 24.4. The summed E-state index contributed by atoms with van der Waals surface area (Å²) in [4.78, 5) is 15.8. The molecule has 3 nitrogen and oxygen atoms in total. The van der Waals surface area contributed by atoms with Crippen LogP contribution in [0.5, 0.6) is 0 Å². The van der Waals surface area contributed by atoms with Gasteiger partial charge in [-0.25, -0.2) is 0 Å². The van der Waals surface area contributed by atoms with E-state index in [1.54, 1.807) is 0 Å². The predicted molar refractivity (Wildman–Crippen MR) is 60.6 cm³/mol. The molecular formula is C12H20N2O. The van der Waals surface area contributed by atoms with Gasteiger partial charge in [0, 0.05) is 32.2 Å². The van der Waals surface area contributed by atoms with Crippen molar-refractivity contribution >= 4 is 5.91 Å². The molecule has 1 saturated heterocycles. The van der Waals surface area contributed by atoms with Crippen LogP contribution in [0.15, 0.2) is 12.7 Å². The number of carbonyl (C=O) groups is 1. The van der Waals surface area contributed by atoms with E-state index < -0.39 is 0 Å². The summed E-state index contributed by atoms with van der Waals surface area (Å²) < 4.78 is 0. The van der Waals surface area contributed by atoms with Gasteiger partial charge in [0.2, 0.25) is 5.91 Å². The summed E-state index contributed by atoms with van der Waals surface area (Å²) in [6, 6.07) is 0.797. The second-order valence-electron chi connectivity index (χ2n) is 4.50. The summed E-state index contributed by atoms with van der Waals surface area (Å²) in [6.07, 6.45) is 6.91. The molecule has 1 aliphatic carbocycles. The molecule has 0 aromatic rings. The summed E-state index contributed by atoms with van der Waals surface area (Å²) in [5.41, 5.74) is 0. The van der Waals surface area contributed by atoms with Gasteiger partial charge in [0.1, 0.15) is 0 Å². The number of amides is 1. The zero-order chi connectivity index (χ0) is 10.7. The van der Waals surface area contributed by atoms with Crippen LogP contribution in [0.4, 0.5) is 0 Å². The zero-order valence-electron chi connectivity index (χ0n) is 9.32. The molecule has 1 heterocycles. The maximum atomic E-state index is 11.4. The Morgan fingerprint density at radius 1 is 1.13 bits per heavy atom. The van der Waals surface area contributed by atoms with E-state index in [1.807, 2.05) is 4.90 Å². The van der Waals surface area contributed by atoms with Crippen molar-refractivity contribution in [3.05, 3.63) is 12.7 Å². The number of nitrogens with zero attached hydrogens (tertiary/aromatic N) is 2. The third-order valence-electron chi connectivity index (χ3n) is 3.64. The molecule has 0 radical (unpaired) electrons. The molecule has 84 valence electrons. The highest BCUT2D eigenvalue weighted by atomic mass is 16.2. The fourth-order valence-electron chi connectivity index (χ4n) is 2.71. The predicted octanol–water partition coefficient (Wildman–Crippen LogP) is 1.26. The Morgan fingerprint density at radius 2 is 1.73 bits per heavy atom. The smallest absolute Gasteiger partial charge is 0.246 e. The molecule has 0 aromatic heterocycles. The van der Waals surface area contributed by atoms with Crippen molar-refractivity contribution in [2.24, 2.45) is 0 Å². The summed E-state index contributed by atoms with van der Waals surface area (Å²) in [5.74, 6) is 0.0843. The van der Waals surface area contributed by atoms with Gasteiger partial charge in [-0.15, -0.1) is 0 Å². The molecule has 1 saturated carbocycles. The Kier molecular flexibility index (Phi) is 3.41. The lowest BCUT2D eigenvalue weighted by Gasteiger charge is -2.37. The van der Waals surface area contributed by atoms with Crippen molar-refractivity contribution in [1.29, 1.82) is 0 Å². The molecule has 0 unspecified atom stereocenters. The van der Waals surface area contributed by atoms with Crippen molar-refractivity contribution in [3.8, 4) is 0 Å². The van der Waals surface area contributed by atoms with Crippen LogP contribution >= 0.6 is 0 Å². The Bertz CT molecular complexity index is 238. The van der Waals surface area contributed by atoms with Crippen molar-refractivity contribution < 1.29 is 4.79 Å². The van der Waals surface area contributed by atoms with Crippen molar-refractivity contribution in [1.82, 2.24) is 9.80 Å². The van der Waals surface area contributed by atoms with Crippen molar-refractivity contribution in [2.45, 2.75) is 31.7 Å². The standard InChI is InChI=1S/C12H20N2O/c1-2-12(15)14-9-7-13(8-10-14)11-5-3-4-6-11/h2,11H,1,3-10H2. The van der Waals surface area contributed by atoms with Crippen molar-refractivity contribution in [3.63, 3.8) is 0 Å². The van der Waals surface area contributed by atoms with Crippen LogP contribution in [-0.2, 0) is 4.79 Å². The molecule has 2 fully saturated rings. The van der Waals surface area contributed by atoms with E-state index in [9.17, 15) is 4.79 Å². The van der Waals surface area contributed by atoms with E-state index in [1.165, 1.54) is 31.8 Å². The number of hydrogen-bond donors (Lipinski definition) is 0. The molecule has 1 aliphatic heterocycles. The van der Waals surface area contributed by atoms with Crippen LogP contribution in [0.25, 0.3) is 0 Å². The Hall–Kier alpha value is -0.830. The molecule has 2 rings (SSSR count). The fraction of sp³-hybridized carbons (Fsp3) is 0.750. The van der Waals surface area contributed by atoms with Gasteiger partial charge < -0.3 is 4.90 Å². The van der Waals surface area contributed by atoms with Crippen LogP contribution in [0.1, 0.15) is 25.7 Å². The zero-order valence-corrected chi connectivity index (χ0v) is 9.32. The third-order valence-corrected chi connectivity index (χ3v) is 3.64. The van der Waals surface area contributed by atoms with Gasteiger partial charge >= 0.3 is 0 Å². The monoisotopic (exact) mass is 208 g/mol. The van der Waals surface area contributed by atoms with Gasteiger partial charge in [-0.05, 0) is 18.9 Å². The highest BCUT2D eigenvalue weighted by molar-refractivity contribution is 5.87. The minimum atomic E-state index is 0.0843. The van der Waals surface area contributed by atoms with Gasteiger partial charge in [-0.2, -0.15) is 0 Å². The first-order valence-electron chi connectivity index (χ1n) is 5.96. The highest BCUT2D eigenvalue weighted by Gasteiger charge is 2.26. The maximum absolute atomic E-state index is 11.4. The van der Waals surface area contributed by atoms with Gasteiger partial charge in [0.05, 0.1) is 0 Å². The minimum absolute atomic E-state index is 0.0843. The second-order valence-corrected chi connectivity index (χ2v) is 4.50. The number of rotatable bonds is 2. The molecule has 0 N–H and O–H groups in total. The average Bonchev–Trinajstić information content (AvgIpc) is 2.82. The fourth-order valence-corrected chi connectivity index (χ4v) is 2.71. The quantitative estimate of drug-likeness (QED) is 0.638. The molecular weight excluding hydrogens is 188 g/mol. The lowest BCUT2D eigenvalue weighted by molar-refractivity contribution is -0.128. The lowest BCUT2D eigenvalue weighted by Crippen LogP contribution is -2.51. The molecule has 2 aliphatic rings.